The molecule has 0 radical (unpaired) electrons. The molecule has 1 aliphatic rings. The maximum atomic E-state index is 5.73. The van der Waals surface area contributed by atoms with Crippen LogP contribution in [0.2, 0.25) is 0 Å². The molecule has 0 bridgehead atoms. The first-order valence-electron chi connectivity index (χ1n) is 6.59. The summed E-state index contributed by atoms with van der Waals surface area (Å²) in [6, 6.07) is 5.21. The Kier molecular flexibility index (Phi) is 3.89. The molecule has 0 amide bonds. The molecule has 3 unspecified atom stereocenters. The van der Waals surface area contributed by atoms with Gasteiger partial charge in [-0.1, -0.05) is 6.92 Å². The van der Waals surface area contributed by atoms with Crippen LogP contribution < -0.4 is 5.32 Å². The van der Waals surface area contributed by atoms with E-state index in [0.717, 1.165) is 24.6 Å². The fourth-order valence-electron chi connectivity index (χ4n) is 2.82. The van der Waals surface area contributed by atoms with Crippen LogP contribution in [-0.4, -0.2) is 31.1 Å². The zero-order valence-corrected chi connectivity index (χ0v) is 11.4. The van der Waals surface area contributed by atoms with Crippen LogP contribution >= 0.6 is 0 Å². The van der Waals surface area contributed by atoms with E-state index in [0.29, 0.717) is 18.0 Å². The number of aryl methyl sites for hydroxylation is 1. The number of furan rings is 1. The van der Waals surface area contributed by atoms with Crippen molar-refractivity contribution in [3.8, 4) is 0 Å². The van der Waals surface area contributed by atoms with Crippen molar-refractivity contribution in [3.63, 3.8) is 0 Å². The summed E-state index contributed by atoms with van der Waals surface area (Å²) in [7, 11) is 2.07. The van der Waals surface area contributed by atoms with Crippen molar-refractivity contribution in [2.24, 2.45) is 5.92 Å². The van der Waals surface area contributed by atoms with Gasteiger partial charge in [-0.15, -0.1) is 0 Å². The second kappa shape index (κ2) is 5.23. The summed E-state index contributed by atoms with van der Waals surface area (Å²) in [5.41, 5.74) is 0. The molecule has 1 saturated heterocycles. The fourth-order valence-corrected chi connectivity index (χ4v) is 2.82. The maximum absolute atomic E-state index is 5.73. The molecule has 1 aromatic heterocycles. The van der Waals surface area contributed by atoms with Crippen LogP contribution in [0.1, 0.15) is 37.8 Å². The molecule has 1 fully saturated rings. The molecule has 0 spiro atoms. The minimum absolute atomic E-state index is 0.393. The van der Waals surface area contributed by atoms with E-state index in [-0.39, 0.29) is 0 Å². The second-order valence-electron chi connectivity index (χ2n) is 5.28. The Labute approximate surface area is 104 Å². The maximum Gasteiger partial charge on any atom is 0.121 e. The van der Waals surface area contributed by atoms with Gasteiger partial charge >= 0.3 is 0 Å². The number of nitrogens with zero attached hydrogens (tertiary/aromatic N) is 1. The first-order chi connectivity index (χ1) is 8.11. The van der Waals surface area contributed by atoms with Crippen LogP contribution in [0, 0.1) is 12.8 Å². The third-order valence-corrected chi connectivity index (χ3v) is 4.03. The highest BCUT2D eigenvalue weighted by molar-refractivity contribution is 5.09. The molecular weight excluding hydrogens is 212 g/mol. The normalized spacial score (nSPS) is 28.2. The zero-order chi connectivity index (χ0) is 12.4. The molecule has 3 nitrogen and oxygen atoms in total. The van der Waals surface area contributed by atoms with E-state index >= 15 is 0 Å². The average Bonchev–Trinajstić information content (AvgIpc) is 2.75. The first kappa shape index (κ1) is 12.7. The predicted octanol–water partition coefficient (Wildman–Crippen LogP) is 2.58. The van der Waals surface area contributed by atoms with E-state index in [1.54, 1.807) is 0 Å². The fraction of sp³-hybridized carbons (Fsp3) is 0.714. The third kappa shape index (κ3) is 2.72. The minimum Gasteiger partial charge on any atom is -0.465 e. The third-order valence-electron chi connectivity index (χ3n) is 4.03. The van der Waals surface area contributed by atoms with Gasteiger partial charge in [-0.25, -0.2) is 0 Å². The van der Waals surface area contributed by atoms with E-state index in [4.69, 9.17) is 4.42 Å². The summed E-state index contributed by atoms with van der Waals surface area (Å²) in [5.74, 6) is 2.80. The Hall–Kier alpha value is -0.800. The van der Waals surface area contributed by atoms with Crippen LogP contribution in [0.4, 0.5) is 0 Å². The van der Waals surface area contributed by atoms with E-state index in [1.807, 2.05) is 6.92 Å². The van der Waals surface area contributed by atoms with Crippen LogP contribution in [0.25, 0.3) is 0 Å². The Balaban J connectivity index is 1.99. The molecule has 3 heteroatoms. The van der Waals surface area contributed by atoms with Gasteiger partial charge in [0.2, 0.25) is 0 Å². The van der Waals surface area contributed by atoms with Gasteiger partial charge in [0, 0.05) is 19.1 Å². The number of hydrogen-bond acceptors (Lipinski definition) is 3. The summed E-state index contributed by atoms with van der Waals surface area (Å²) in [6.45, 7) is 8.87. The van der Waals surface area contributed by atoms with Crippen molar-refractivity contribution < 1.29 is 4.42 Å². The summed E-state index contributed by atoms with van der Waals surface area (Å²) in [6.07, 6.45) is 1.22. The molecular formula is C14H24N2O. The van der Waals surface area contributed by atoms with E-state index < -0.39 is 0 Å². The van der Waals surface area contributed by atoms with Gasteiger partial charge in [0.15, 0.2) is 0 Å². The van der Waals surface area contributed by atoms with Crippen LogP contribution in [0.15, 0.2) is 16.5 Å². The standard InChI is InChI=1S/C14H24N2O/c1-10-9-16(8-7-13(10)15-4)12(3)14-6-5-11(2)17-14/h5-6,10,12-13,15H,7-9H2,1-4H3. The highest BCUT2D eigenvalue weighted by Gasteiger charge is 2.28. The molecule has 1 aliphatic heterocycles. The lowest BCUT2D eigenvalue weighted by molar-refractivity contribution is 0.103. The Morgan fingerprint density at radius 3 is 2.76 bits per heavy atom. The van der Waals surface area contributed by atoms with Crippen LogP contribution in [0.5, 0.6) is 0 Å². The van der Waals surface area contributed by atoms with Gasteiger partial charge in [-0.3, -0.25) is 4.90 Å². The average molecular weight is 236 g/mol. The van der Waals surface area contributed by atoms with Crippen LogP contribution in [-0.2, 0) is 0 Å². The van der Waals surface area contributed by atoms with E-state index in [2.05, 4.69) is 43.2 Å². The van der Waals surface area contributed by atoms with Crippen molar-refractivity contribution in [2.45, 2.75) is 39.3 Å². The molecule has 17 heavy (non-hydrogen) atoms. The molecule has 0 aliphatic carbocycles. The Morgan fingerprint density at radius 1 is 1.47 bits per heavy atom. The number of piperidine rings is 1. The molecule has 0 aromatic carbocycles. The first-order valence-corrected chi connectivity index (χ1v) is 6.59. The molecule has 3 atom stereocenters. The zero-order valence-electron chi connectivity index (χ0n) is 11.4. The van der Waals surface area contributed by atoms with Crippen LogP contribution in [0.3, 0.4) is 0 Å². The van der Waals surface area contributed by atoms with E-state index in [1.165, 1.54) is 6.42 Å². The monoisotopic (exact) mass is 236 g/mol. The van der Waals surface area contributed by atoms with Crippen molar-refractivity contribution in [1.82, 2.24) is 10.2 Å². The van der Waals surface area contributed by atoms with Crippen molar-refractivity contribution in [2.75, 3.05) is 20.1 Å². The highest BCUT2D eigenvalue weighted by Crippen LogP contribution is 2.27. The lowest BCUT2D eigenvalue weighted by atomic mass is 9.93. The molecule has 1 N–H and O–H groups in total. The number of likely N-dealkylation sites (tertiary alicyclic amines) is 1. The predicted molar refractivity (Wildman–Crippen MR) is 70.1 cm³/mol. The number of hydrogen-bond donors (Lipinski definition) is 1. The molecule has 2 heterocycles. The van der Waals surface area contributed by atoms with Gasteiger partial charge in [-0.05, 0) is 45.4 Å². The van der Waals surface area contributed by atoms with Gasteiger partial charge in [0.05, 0.1) is 6.04 Å². The van der Waals surface area contributed by atoms with Crippen molar-refractivity contribution in [3.05, 3.63) is 23.7 Å². The second-order valence-corrected chi connectivity index (χ2v) is 5.28. The smallest absolute Gasteiger partial charge is 0.121 e. The van der Waals surface area contributed by atoms with Crippen molar-refractivity contribution in [1.29, 1.82) is 0 Å². The molecule has 96 valence electrons. The molecule has 1 aromatic rings. The van der Waals surface area contributed by atoms with E-state index in [9.17, 15) is 0 Å². The summed E-state index contributed by atoms with van der Waals surface area (Å²) in [5, 5.41) is 3.41. The Morgan fingerprint density at radius 2 is 2.24 bits per heavy atom. The quantitative estimate of drug-likeness (QED) is 0.874. The lowest BCUT2D eigenvalue weighted by Crippen LogP contribution is -2.47. The van der Waals surface area contributed by atoms with Gasteiger partial charge in [0.25, 0.3) is 0 Å². The lowest BCUT2D eigenvalue weighted by Gasteiger charge is -2.39. The topological polar surface area (TPSA) is 28.4 Å². The molecule has 0 saturated carbocycles. The number of nitrogens with one attached hydrogen (secondary N) is 1. The highest BCUT2D eigenvalue weighted by atomic mass is 16.3. The Bertz CT molecular complexity index is 361. The summed E-state index contributed by atoms with van der Waals surface area (Å²) in [4.78, 5) is 2.52. The molecule has 2 rings (SSSR count). The van der Waals surface area contributed by atoms with Gasteiger partial charge in [0.1, 0.15) is 11.5 Å². The summed E-state index contributed by atoms with van der Waals surface area (Å²) >= 11 is 0. The SMILES string of the molecule is CNC1CCN(C(C)c2ccc(C)o2)CC1C. The largest absolute Gasteiger partial charge is 0.465 e. The van der Waals surface area contributed by atoms with Gasteiger partial charge < -0.3 is 9.73 Å². The van der Waals surface area contributed by atoms with Crippen molar-refractivity contribution >= 4 is 0 Å². The summed E-state index contributed by atoms with van der Waals surface area (Å²) < 4.78 is 5.73. The number of rotatable bonds is 3. The van der Waals surface area contributed by atoms with Gasteiger partial charge in [-0.2, -0.15) is 0 Å². The minimum atomic E-state index is 0.393.